The lowest BCUT2D eigenvalue weighted by Crippen LogP contribution is -2.60. The van der Waals surface area contributed by atoms with E-state index in [9.17, 15) is 40.5 Å². The maximum Gasteiger partial charge on any atom is 0.249 e. The summed E-state index contributed by atoms with van der Waals surface area (Å²) in [4.78, 5) is 13.1. The molecule has 1 aliphatic heterocycles. The van der Waals surface area contributed by atoms with E-state index < -0.39 is 74.2 Å². The Bertz CT molecular complexity index is 1170. The molecule has 11 nitrogen and oxygen atoms in total. The highest BCUT2D eigenvalue weighted by atomic mass is 16.7. The highest BCUT2D eigenvalue weighted by molar-refractivity contribution is 5.80. The van der Waals surface area contributed by atoms with Crippen LogP contribution in [0.3, 0.4) is 0 Å². The van der Waals surface area contributed by atoms with Crippen LogP contribution in [0.2, 0.25) is 0 Å². The molecule has 0 bridgehead atoms. The fraction of sp³-hybridized carbons (Fsp3) is 0.873. The quantitative estimate of drug-likeness (QED) is 0.0215. The zero-order valence-corrected chi connectivity index (χ0v) is 42.2. The Hall–Kier alpha value is -1.67. The minimum atomic E-state index is -1.67. The largest absolute Gasteiger partial charge is 0.394 e. The van der Waals surface area contributed by atoms with E-state index in [1.807, 2.05) is 0 Å². The summed E-state index contributed by atoms with van der Waals surface area (Å²) in [6.07, 6.45) is 42.0. The normalized spacial score (nSPS) is 21.0. The minimum absolute atomic E-state index is 0.244. The predicted molar refractivity (Wildman–Crippen MR) is 270 cm³/mol. The first-order valence-corrected chi connectivity index (χ1v) is 27.4. The zero-order chi connectivity index (χ0) is 48.3. The van der Waals surface area contributed by atoms with Gasteiger partial charge in [0.2, 0.25) is 5.91 Å². The van der Waals surface area contributed by atoms with Crippen LogP contribution < -0.4 is 5.32 Å². The van der Waals surface area contributed by atoms with Crippen LogP contribution in [0.25, 0.3) is 0 Å². The molecule has 11 heteroatoms. The third-order valence-electron chi connectivity index (χ3n) is 13.1. The number of amides is 1. The summed E-state index contributed by atoms with van der Waals surface area (Å²) in [6.45, 7) is 3.43. The van der Waals surface area contributed by atoms with Gasteiger partial charge in [-0.05, 0) is 77.0 Å². The van der Waals surface area contributed by atoms with Gasteiger partial charge in [0.25, 0.3) is 0 Å². The molecule has 1 rings (SSSR count). The molecule has 0 radical (unpaired) electrons. The van der Waals surface area contributed by atoms with Gasteiger partial charge in [-0.15, -0.1) is 0 Å². The third kappa shape index (κ3) is 33.0. The SMILES string of the molecule is CCCCCCCC/C=C\CCCCCCCCC(O)C(=O)NC(COC1OC(CO)C(O)C(O)C1O)C(O)C(O)CCC/C=C/CC/C=C/CCCCCCCCCCCCCCCC. The molecule has 66 heavy (non-hydrogen) atoms. The molecule has 388 valence electrons. The van der Waals surface area contributed by atoms with Crippen molar-refractivity contribution >= 4 is 5.91 Å². The molecule has 0 aromatic heterocycles. The van der Waals surface area contributed by atoms with E-state index in [1.165, 1.54) is 135 Å². The minimum Gasteiger partial charge on any atom is -0.394 e. The first-order chi connectivity index (χ1) is 32.2. The first kappa shape index (κ1) is 62.3. The van der Waals surface area contributed by atoms with E-state index in [0.29, 0.717) is 19.3 Å². The topological polar surface area (TPSA) is 189 Å². The average molecular weight is 938 g/mol. The molecule has 1 aliphatic rings. The highest BCUT2D eigenvalue weighted by Crippen LogP contribution is 2.23. The number of allylic oxidation sites excluding steroid dienone is 6. The Balaban J connectivity index is 2.39. The molecule has 1 heterocycles. The zero-order valence-electron chi connectivity index (χ0n) is 42.2. The monoisotopic (exact) mass is 938 g/mol. The number of aliphatic hydroxyl groups is 7. The van der Waals surface area contributed by atoms with Gasteiger partial charge in [-0.3, -0.25) is 4.79 Å². The molecule has 0 aromatic rings. The van der Waals surface area contributed by atoms with Crippen molar-refractivity contribution in [2.24, 2.45) is 0 Å². The Morgan fingerprint density at radius 1 is 0.515 bits per heavy atom. The maximum absolute atomic E-state index is 13.1. The van der Waals surface area contributed by atoms with Crippen LogP contribution in [0.5, 0.6) is 0 Å². The summed E-state index contributed by atoms with van der Waals surface area (Å²) in [7, 11) is 0. The summed E-state index contributed by atoms with van der Waals surface area (Å²) in [5, 5.41) is 75.9. The van der Waals surface area contributed by atoms with E-state index in [4.69, 9.17) is 9.47 Å². The number of ether oxygens (including phenoxy) is 2. The van der Waals surface area contributed by atoms with Crippen molar-refractivity contribution in [3.05, 3.63) is 36.5 Å². The van der Waals surface area contributed by atoms with Gasteiger partial charge in [-0.2, -0.15) is 0 Å². The molecular formula is C55H103NO10. The van der Waals surface area contributed by atoms with Crippen LogP contribution in [0.15, 0.2) is 36.5 Å². The summed E-state index contributed by atoms with van der Waals surface area (Å²) in [5.41, 5.74) is 0. The van der Waals surface area contributed by atoms with Crippen molar-refractivity contribution in [2.45, 2.75) is 294 Å². The van der Waals surface area contributed by atoms with E-state index in [2.05, 4.69) is 55.6 Å². The lowest BCUT2D eigenvalue weighted by Gasteiger charge is -2.40. The Morgan fingerprint density at radius 3 is 1.35 bits per heavy atom. The predicted octanol–water partition coefficient (Wildman–Crippen LogP) is 10.7. The summed E-state index contributed by atoms with van der Waals surface area (Å²) < 4.78 is 11.1. The van der Waals surface area contributed by atoms with Gasteiger partial charge < -0.3 is 50.5 Å². The standard InChI is InChI=1S/C55H103NO10/c1-3-5-7-9-11-13-15-17-19-21-22-23-24-25-26-27-29-30-32-34-36-38-40-42-47(58)50(60)46(45-65-55-53(63)52(62)51(61)49(44-57)66-55)56-54(64)48(59)43-41-39-37-35-33-31-28-20-18-16-14-12-10-8-6-4-2/h18,20,27,29,34,36,46-53,55,57-63H,3-17,19,21-26,28,30-33,35,37-45H2,1-2H3,(H,56,64)/b20-18-,29-27+,36-34+. The number of hydrogen-bond donors (Lipinski definition) is 8. The van der Waals surface area contributed by atoms with Gasteiger partial charge in [0.15, 0.2) is 6.29 Å². The fourth-order valence-corrected chi connectivity index (χ4v) is 8.63. The molecule has 0 saturated carbocycles. The maximum atomic E-state index is 13.1. The number of unbranched alkanes of at least 4 members (excludes halogenated alkanes) is 28. The van der Waals surface area contributed by atoms with Crippen LogP contribution in [-0.4, -0.2) is 110 Å². The molecule has 1 saturated heterocycles. The number of carbonyl (C=O) groups is 1. The van der Waals surface area contributed by atoms with Gasteiger partial charge in [-0.1, -0.05) is 198 Å². The van der Waals surface area contributed by atoms with E-state index >= 15 is 0 Å². The molecule has 9 atom stereocenters. The molecule has 9 unspecified atom stereocenters. The number of carbonyl (C=O) groups excluding carboxylic acids is 1. The van der Waals surface area contributed by atoms with Crippen molar-refractivity contribution in [1.29, 1.82) is 0 Å². The number of nitrogens with one attached hydrogen (secondary N) is 1. The number of aliphatic hydroxyl groups excluding tert-OH is 7. The lowest BCUT2D eigenvalue weighted by molar-refractivity contribution is -0.303. The Morgan fingerprint density at radius 2 is 0.909 bits per heavy atom. The van der Waals surface area contributed by atoms with Gasteiger partial charge in [-0.25, -0.2) is 0 Å². The van der Waals surface area contributed by atoms with Crippen molar-refractivity contribution in [3.63, 3.8) is 0 Å². The van der Waals surface area contributed by atoms with Crippen molar-refractivity contribution in [2.75, 3.05) is 13.2 Å². The molecule has 0 aromatic carbocycles. The fourth-order valence-electron chi connectivity index (χ4n) is 8.63. The van der Waals surface area contributed by atoms with Gasteiger partial charge in [0.1, 0.15) is 36.6 Å². The van der Waals surface area contributed by atoms with Crippen molar-refractivity contribution < 1.29 is 50.0 Å². The molecule has 1 amide bonds. The number of rotatable bonds is 46. The summed E-state index contributed by atoms with van der Waals surface area (Å²) in [5.74, 6) is -0.715. The third-order valence-corrected chi connectivity index (χ3v) is 13.1. The average Bonchev–Trinajstić information content (AvgIpc) is 3.32. The van der Waals surface area contributed by atoms with Gasteiger partial charge in [0.05, 0.1) is 25.4 Å². The summed E-state index contributed by atoms with van der Waals surface area (Å²) >= 11 is 0. The summed E-state index contributed by atoms with van der Waals surface area (Å²) in [6, 6.07) is -1.19. The smallest absolute Gasteiger partial charge is 0.249 e. The van der Waals surface area contributed by atoms with Crippen molar-refractivity contribution in [3.8, 4) is 0 Å². The van der Waals surface area contributed by atoms with E-state index in [1.54, 1.807) is 0 Å². The lowest BCUT2D eigenvalue weighted by atomic mass is 9.98. The van der Waals surface area contributed by atoms with Crippen LogP contribution >= 0.6 is 0 Å². The molecule has 1 fully saturated rings. The highest BCUT2D eigenvalue weighted by Gasteiger charge is 2.44. The van der Waals surface area contributed by atoms with Gasteiger partial charge >= 0.3 is 0 Å². The molecular weight excluding hydrogens is 835 g/mol. The molecule has 8 N–H and O–H groups in total. The van der Waals surface area contributed by atoms with Crippen LogP contribution in [0.4, 0.5) is 0 Å². The van der Waals surface area contributed by atoms with Crippen LogP contribution in [0.1, 0.15) is 239 Å². The Labute approximate surface area is 403 Å². The molecule has 0 spiro atoms. The molecule has 0 aliphatic carbocycles. The van der Waals surface area contributed by atoms with Gasteiger partial charge in [0, 0.05) is 0 Å². The second-order valence-electron chi connectivity index (χ2n) is 19.3. The Kier molecular flexibility index (Phi) is 42.1. The van der Waals surface area contributed by atoms with E-state index in [-0.39, 0.29) is 12.8 Å². The first-order valence-electron chi connectivity index (χ1n) is 27.4. The van der Waals surface area contributed by atoms with Crippen LogP contribution in [0, 0.1) is 0 Å². The second kappa shape index (κ2) is 44.5. The van der Waals surface area contributed by atoms with E-state index in [0.717, 1.165) is 57.8 Å². The van der Waals surface area contributed by atoms with Crippen molar-refractivity contribution in [1.82, 2.24) is 5.32 Å². The van der Waals surface area contributed by atoms with Crippen LogP contribution in [-0.2, 0) is 14.3 Å². The second-order valence-corrected chi connectivity index (χ2v) is 19.3. The number of hydrogen-bond acceptors (Lipinski definition) is 10.